The lowest BCUT2D eigenvalue weighted by molar-refractivity contribution is -0.138. The van der Waals surface area contributed by atoms with Gasteiger partial charge in [-0.25, -0.2) is 4.98 Å². The van der Waals surface area contributed by atoms with Crippen LogP contribution < -0.4 is 20.3 Å². The maximum atomic E-state index is 13.1. The number of piperidine rings is 2. The van der Waals surface area contributed by atoms with Crippen molar-refractivity contribution in [2.24, 2.45) is 0 Å². The van der Waals surface area contributed by atoms with E-state index in [-0.39, 0.29) is 42.0 Å². The number of ether oxygens (including phenoxy) is 1. The summed E-state index contributed by atoms with van der Waals surface area (Å²) in [7, 11) is 0. The number of carbonyl (C=O) groups is 4. The van der Waals surface area contributed by atoms with Gasteiger partial charge >= 0.3 is 6.18 Å². The first-order valence-electron chi connectivity index (χ1n) is 18.2. The number of pyridine rings is 1. The number of H-pyrrole nitrogens is 1. The van der Waals surface area contributed by atoms with Gasteiger partial charge in [-0.1, -0.05) is 12.1 Å². The van der Waals surface area contributed by atoms with Gasteiger partial charge in [-0.15, -0.1) is 0 Å². The topological polar surface area (TPSA) is 150 Å². The molecule has 4 aliphatic rings. The summed E-state index contributed by atoms with van der Waals surface area (Å²) in [6.07, 6.45) is 0.668. The molecule has 1 saturated carbocycles. The standard InChI is InChI=1S/C39H38F3N7O5/c40-39(41,42)27-5-12-35(43-20-27)54-29-8-3-25(18-29)31-19-33(47-46-31)44-36(51)23-1-6-28(7-2-23)48-15-13-22(14-16-48)24-4-9-30-26(17-24)21-49(38(30)53)32-10-11-34(50)45-37(32)52/h1-2,4-7,9,12,17,19-20,22,25,29,32H,3,8,10-11,13-16,18,21H2,(H,45,50,52)(H2,44,46,47,51)/t25-,29+,32?/m0/s1. The van der Waals surface area contributed by atoms with Crippen LogP contribution in [-0.2, 0) is 22.3 Å². The van der Waals surface area contributed by atoms with Crippen LogP contribution in [0, 0.1) is 0 Å². The fraction of sp³-hybridized carbons (Fsp3) is 0.385. The quantitative estimate of drug-likeness (QED) is 0.188. The summed E-state index contributed by atoms with van der Waals surface area (Å²) in [4.78, 5) is 57.9. The van der Waals surface area contributed by atoms with E-state index >= 15 is 0 Å². The number of alkyl halides is 3. The van der Waals surface area contributed by atoms with Crippen molar-refractivity contribution in [1.82, 2.24) is 25.4 Å². The molecule has 3 aliphatic heterocycles. The number of halogens is 3. The fourth-order valence-corrected chi connectivity index (χ4v) is 8.06. The molecule has 3 N–H and O–H groups in total. The van der Waals surface area contributed by atoms with E-state index in [2.05, 4.69) is 36.8 Å². The first-order valence-corrected chi connectivity index (χ1v) is 18.2. The predicted molar refractivity (Wildman–Crippen MR) is 190 cm³/mol. The normalized spacial score (nSPS) is 22.0. The van der Waals surface area contributed by atoms with Crippen LogP contribution in [0.1, 0.15) is 99.9 Å². The molecule has 2 aromatic heterocycles. The molecule has 8 rings (SSSR count). The van der Waals surface area contributed by atoms with Gasteiger partial charge in [0, 0.05) is 72.8 Å². The van der Waals surface area contributed by atoms with Crippen molar-refractivity contribution in [3.63, 3.8) is 0 Å². The zero-order valence-electron chi connectivity index (χ0n) is 29.2. The number of rotatable bonds is 8. The van der Waals surface area contributed by atoms with Gasteiger partial charge in [0.2, 0.25) is 17.7 Å². The predicted octanol–water partition coefficient (Wildman–Crippen LogP) is 5.94. The molecule has 280 valence electrons. The molecule has 15 heteroatoms. The number of anilines is 2. The Balaban J connectivity index is 0.810. The second kappa shape index (κ2) is 14.3. The molecule has 54 heavy (non-hydrogen) atoms. The maximum absolute atomic E-state index is 13.1. The third-order valence-corrected chi connectivity index (χ3v) is 11.0. The van der Waals surface area contributed by atoms with E-state index in [9.17, 15) is 32.3 Å². The van der Waals surface area contributed by atoms with E-state index in [1.54, 1.807) is 23.1 Å². The average Bonchev–Trinajstić information content (AvgIpc) is 3.91. The molecular weight excluding hydrogens is 703 g/mol. The van der Waals surface area contributed by atoms with Gasteiger partial charge in [-0.2, -0.15) is 18.3 Å². The maximum Gasteiger partial charge on any atom is 0.417 e. The molecule has 0 radical (unpaired) electrons. The monoisotopic (exact) mass is 741 g/mol. The smallest absolute Gasteiger partial charge is 0.417 e. The number of fused-ring (bicyclic) bond motifs is 1. The molecule has 2 aromatic carbocycles. The summed E-state index contributed by atoms with van der Waals surface area (Å²) in [5.74, 6) is -0.202. The molecular formula is C39H38F3N7O5. The minimum atomic E-state index is -4.45. The van der Waals surface area contributed by atoms with E-state index < -0.39 is 23.7 Å². The Kier molecular flexibility index (Phi) is 9.32. The van der Waals surface area contributed by atoms with E-state index in [1.165, 1.54) is 11.6 Å². The van der Waals surface area contributed by atoms with Crippen molar-refractivity contribution in [1.29, 1.82) is 0 Å². The van der Waals surface area contributed by atoms with Crippen molar-refractivity contribution in [2.45, 2.75) is 81.6 Å². The van der Waals surface area contributed by atoms with Crippen LogP contribution in [0.3, 0.4) is 0 Å². The Morgan fingerprint density at radius 2 is 1.70 bits per heavy atom. The van der Waals surface area contributed by atoms with Crippen molar-refractivity contribution in [2.75, 3.05) is 23.3 Å². The van der Waals surface area contributed by atoms with Gasteiger partial charge in [-0.3, -0.25) is 29.6 Å². The number of carbonyl (C=O) groups excluding carboxylic acids is 4. The van der Waals surface area contributed by atoms with Gasteiger partial charge < -0.3 is 19.9 Å². The van der Waals surface area contributed by atoms with E-state index in [1.807, 2.05) is 24.3 Å². The molecule has 5 heterocycles. The van der Waals surface area contributed by atoms with Crippen LogP contribution in [0.5, 0.6) is 5.88 Å². The van der Waals surface area contributed by atoms with Gasteiger partial charge in [0.25, 0.3) is 11.8 Å². The Morgan fingerprint density at radius 1 is 0.907 bits per heavy atom. The number of nitrogens with zero attached hydrogens (tertiary/aromatic N) is 4. The van der Waals surface area contributed by atoms with Gasteiger partial charge in [0.15, 0.2) is 5.82 Å². The summed E-state index contributed by atoms with van der Waals surface area (Å²) < 4.78 is 44.3. The summed E-state index contributed by atoms with van der Waals surface area (Å²) >= 11 is 0. The van der Waals surface area contributed by atoms with E-state index in [0.717, 1.165) is 61.6 Å². The van der Waals surface area contributed by atoms with Crippen molar-refractivity contribution < 1.29 is 37.1 Å². The van der Waals surface area contributed by atoms with Crippen molar-refractivity contribution in [3.05, 3.63) is 100 Å². The van der Waals surface area contributed by atoms with Crippen LogP contribution in [0.25, 0.3) is 0 Å². The highest BCUT2D eigenvalue weighted by Crippen LogP contribution is 2.38. The second-order valence-corrected chi connectivity index (χ2v) is 14.4. The molecule has 3 atom stereocenters. The fourth-order valence-electron chi connectivity index (χ4n) is 8.06. The minimum Gasteiger partial charge on any atom is -0.474 e. The number of nitrogens with one attached hydrogen (secondary N) is 3. The third-order valence-electron chi connectivity index (χ3n) is 11.0. The van der Waals surface area contributed by atoms with E-state index in [0.29, 0.717) is 48.7 Å². The van der Waals surface area contributed by atoms with Crippen molar-refractivity contribution in [3.8, 4) is 5.88 Å². The number of aromatic amines is 1. The number of benzene rings is 2. The molecule has 1 unspecified atom stereocenters. The highest BCUT2D eigenvalue weighted by Gasteiger charge is 2.39. The van der Waals surface area contributed by atoms with Gasteiger partial charge in [0.1, 0.15) is 12.1 Å². The van der Waals surface area contributed by atoms with Crippen LogP contribution in [-0.4, -0.2) is 68.9 Å². The second-order valence-electron chi connectivity index (χ2n) is 14.4. The molecule has 1 aliphatic carbocycles. The van der Waals surface area contributed by atoms with Crippen LogP contribution in [0.2, 0.25) is 0 Å². The Hall–Kier alpha value is -5.73. The van der Waals surface area contributed by atoms with Crippen LogP contribution in [0.4, 0.5) is 24.7 Å². The summed E-state index contributed by atoms with van der Waals surface area (Å²) in [5, 5.41) is 12.5. The minimum absolute atomic E-state index is 0.0910. The van der Waals surface area contributed by atoms with Crippen LogP contribution >= 0.6 is 0 Å². The number of imide groups is 1. The van der Waals surface area contributed by atoms with Gasteiger partial charge in [0.05, 0.1) is 5.56 Å². The van der Waals surface area contributed by atoms with Crippen molar-refractivity contribution >= 4 is 35.1 Å². The zero-order chi connectivity index (χ0) is 37.6. The molecule has 12 nitrogen and oxygen atoms in total. The molecule has 0 bridgehead atoms. The van der Waals surface area contributed by atoms with E-state index in [4.69, 9.17) is 4.74 Å². The lowest BCUT2D eigenvalue weighted by Gasteiger charge is -2.34. The average molecular weight is 742 g/mol. The molecule has 3 fully saturated rings. The lowest BCUT2D eigenvalue weighted by atomic mass is 9.87. The summed E-state index contributed by atoms with van der Waals surface area (Å²) in [5.41, 5.74) is 4.25. The zero-order valence-corrected chi connectivity index (χ0v) is 29.2. The van der Waals surface area contributed by atoms with Gasteiger partial charge in [-0.05, 0) is 92.0 Å². The first-order chi connectivity index (χ1) is 26.0. The summed E-state index contributed by atoms with van der Waals surface area (Å²) in [6.45, 7) is 2.02. The first kappa shape index (κ1) is 35.3. The molecule has 2 saturated heterocycles. The number of hydrogen-bond donors (Lipinski definition) is 3. The lowest BCUT2D eigenvalue weighted by Crippen LogP contribution is -2.52. The Morgan fingerprint density at radius 3 is 2.43 bits per heavy atom. The number of aromatic nitrogens is 3. The SMILES string of the molecule is O=C1CCC(N2Cc3cc(C4CCN(c5ccc(C(=O)Nc6cc([C@H]7CC[C@@H](Oc8ccc(C(F)(F)F)cn8)C7)[nH]n6)cc5)CC4)ccc3C2=O)C(=O)N1. The number of amides is 4. The third kappa shape index (κ3) is 7.26. The summed E-state index contributed by atoms with van der Waals surface area (Å²) in [6, 6.07) is 16.8. The molecule has 4 amide bonds. The molecule has 4 aromatic rings. The highest BCUT2D eigenvalue weighted by molar-refractivity contribution is 6.05. The van der Waals surface area contributed by atoms with Crippen LogP contribution in [0.15, 0.2) is 66.9 Å². The highest BCUT2D eigenvalue weighted by atomic mass is 19.4. The number of hydrogen-bond acceptors (Lipinski definition) is 8. The Labute approximate surface area is 308 Å². The molecule has 0 spiro atoms. The Bertz CT molecular complexity index is 2080. The largest absolute Gasteiger partial charge is 0.474 e.